The lowest BCUT2D eigenvalue weighted by atomic mass is 10.1. The van der Waals surface area contributed by atoms with Crippen LogP contribution in [0.15, 0.2) is 22.7 Å². The topological polar surface area (TPSA) is 15.3 Å². The summed E-state index contributed by atoms with van der Waals surface area (Å²) in [7, 11) is 0. The van der Waals surface area contributed by atoms with Crippen molar-refractivity contribution >= 4 is 15.9 Å². The molecule has 2 nitrogen and oxygen atoms in total. The fourth-order valence-electron chi connectivity index (χ4n) is 2.33. The first kappa shape index (κ1) is 14.0. The van der Waals surface area contributed by atoms with Gasteiger partial charge in [0.05, 0.1) is 4.47 Å². The van der Waals surface area contributed by atoms with Crippen LogP contribution in [0.3, 0.4) is 0 Å². The molecule has 0 aliphatic carbocycles. The highest BCUT2D eigenvalue weighted by atomic mass is 79.9. The fourth-order valence-corrected chi connectivity index (χ4v) is 2.74. The maximum Gasteiger partial charge on any atom is 0.141 e. The van der Waals surface area contributed by atoms with E-state index in [0.29, 0.717) is 11.0 Å². The first-order valence-electron chi connectivity index (χ1n) is 6.63. The molecule has 4 heteroatoms. The summed E-state index contributed by atoms with van der Waals surface area (Å²) < 4.78 is 14.2. The van der Waals surface area contributed by atoms with E-state index in [1.54, 1.807) is 6.07 Å². The van der Waals surface area contributed by atoms with Gasteiger partial charge in [-0.2, -0.15) is 0 Å². The fraction of sp³-hybridized carbons (Fsp3) is 0.571. The Kier molecular flexibility index (Phi) is 5.60. The Morgan fingerprint density at radius 1 is 1.22 bits per heavy atom. The van der Waals surface area contributed by atoms with E-state index in [1.165, 1.54) is 32.4 Å². The predicted molar refractivity (Wildman–Crippen MR) is 76.1 cm³/mol. The molecule has 0 aromatic heterocycles. The zero-order valence-corrected chi connectivity index (χ0v) is 12.2. The van der Waals surface area contributed by atoms with Gasteiger partial charge in [0.25, 0.3) is 0 Å². The minimum Gasteiger partial charge on any atom is -0.311 e. The highest BCUT2D eigenvalue weighted by Gasteiger charge is 2.09. The maximum atomic E-state index is 13.7. The number of rotatable bonds is 5. The van der Waals surface area contributed by atoms with Crippen LogP contribution in [0.25, 0.3) is 0 Å². The number of hydrogen-bond donors (Lipinski definition) is 1. The standard InChI is InChI=1S/C14H20BrFN2/c15-13-6-4-5-12(14(13)16)11-17-7-10-18-8-2-1-3-9-18/h4-6,17H,1-3,7-11H2. The van der Waals surface area contributed by atoms with Crippen LogP contribution in [-0.2, 0) is 6.54 Å². The van der Waals surface area contributed by atoms with E-state index >= 15 is 0 Å². The van der Waals surface area contributed by atoms with Crippen LogP contribution in [0.1, 0.15) is 24.8 Å². The van der Waals surface area contributed by atoms with Crippen molar-refractivity contribution in [3.63, 3.8) is 0 Å². The van der Waals surface area contributed by atoms with Crippen LogP contribution < -0.4 is 5.32 Å². The zero-order chi connectivity index (χ0) is 12.8. The van der Waals surface area contributed by atoms with Crippen molar-refractivity contribution in [3.05, 3.63) is 34.1 Å². The van der Waals surface area contributed by atoms with Gasteiger partial charge in [0.1, 0.15) is 5.82 Å². The van der Waals surface area contributed by atoms with Crippen molar-refractivity contribution in [1.29, 1.82) is 0 Å². The molecule has 0 amide bonds. The summed E-state index contributed by atoms with van der Waals surface area (Å²) in [6, 6.07) is 5.43. The number of hydrogen-bond acceptors (Lipinski definition) is 2. The Morgan fingerprint density at radius 2 is 2.00 bits per heavy atom. The predicted octanol–water partition coefficient (Wildman–Crippen LogP) is 3.16. The average molecular weight is 315 g/mol. The molecule has 0 unspecified atom stereocenters. The number of nitrogens with zero attached hydrogens (tertiary/aromatic N) is 1. The van der Waals surface area contributed by atoms with Crippen molar-refractivity contribution in [3.8, 4) is 0 Å². The first-order chi connectivity index (χ1) is 8.77. The Morgan fingerprint density at radius 3 is 2.78 bits per heavy atom. The van der Waals surface area contributed by atoms with E-state index in [1.807, 2.05) is 12.1 Å². The molecule has 2 rings (SSSR count). The normalized spacial score (nSPS) is 17.0. The van der Waals surface area contributed by atoms with Gasteiger partial charge in [-0.1, -0.05) is 18.6 Å². The Balaban J connectivity index is 1.70. The van der Waals surface area contributed by atoms with Gasteiger partial charge in [0.2, 0.25) is 0 Å². The molecule has 1 aliphatic heterocycles. The monoisotopic (exact) mass is 314 g/mol. The number of halogens is 2. The quantitative estimate of drug-likeness (QED) is 0.840. The van der Waals surface area contributed by atoms with Gasteiger partial charge in [0, 0.05) is 25.2 Å². The minimum absolute atomic E-state index is 0.150. The van der Waals surface area contributed by atoms with Crippen LogP contribution >= 0.6 is 15.9 Å². The molecule has 18 heavy (non-hydrogen) atoms. The zero-order valence-electron chi connectivity index (χ0n) is 10.6. The van der Waals surface area contributed by atoms with E-state index in [0.717, 1.165) is 18.7 Å². The molecule has 0 bridgehead atoms. The molecule has 1 aromatic rings. The van der Waals surface area contributed by atoms with E-state index in [2.05, 4.69) is 26.1 Å². The second-order valence-corrected chi connectivity index (χ2v) is 5.65. The van der Waals surface area contributed by atoms with E-state index in [9.17, 15) is 4.39 Å². The highest BCUT2D eigenvalue weighted by molar-refractivity contribution is 9.10. The Bertz CT molecular complexity index is 378. The van der Waals surface area contributed by atoms with Gasteiger partial charge in [-0.3, -0.25) is 0 Å². The Hall–Kier alpha value is -0.450. The van der Waals surface area contributed by atoms with Gasteiger partial charge in [-0.05, 0) is 47.9 Å². The van der Waals surface area contributed by atoms with Crippen molar-refractivity contribution in [2.75, 3.05) is 26.2 Å². The summed E-state index contributed by atoms with van der Waals surface area (Å²) >= 11 is 3.21. The van der Waals surface area contributed by atoms with Crippen molar-refractivity contribution < 1.29 is 4.39 Å². The molecular formula is C14H20BrFN2. The van der Waals surface area contributed by atoms with Crippen molar-refractivity contribution in [1.82, 2.24) is 10.2 Å². The number of benzene rings is 1. The van der Waals surface area contributed by atoms with Gasteiger partial charge >= 0.3 is 0 Å². The molecule has 1 saturated heterocycles. The molecule has 1 fully saturated rings. The highest BCUT2D eigenvalue weighted by Crippen LogP contribution is 2.18. The largest absolute Gasteiger partial charge is 0.311 e. The molecule has 0 saturated carbocycles. The molecule has 1 aromatic carbocycles. The third kappa shape index (κ3) is 4.04. The van der Waals surface area contributed by atoms with E-state index < -0.39 is 0 Å². The lowest BCUT2D eigenvalue weighted by molar-refractivity contribution is 0.229. The van der Waals surface area contributed by atoms with Crippen molar-refractivity contribution in [2.45, 2.75) is 25.8 Å². The molecular weight excluding hydrogens is 295 g/mol. The maximum absolute atomic E-state index is 13.7. The summed E-state index contributed by atoms with van der Waals surface area (Å²) in [6.07, 6.45) is 4.01. The molecule has 1 aliphatic rings. The summed E-state index contributed by atoms with van der Waals surface area (Å²) in [4.78, 5) is 2.48. The van der Waals surface area contributed by atoms with E-state index in [-0.39, 0.29) is 5.82 Å². The van der Waals surface area contributed by atoms with Crippen molar-refractivity contribution in [2.24, 2.45) is 0 Å². The summed E-state index contributed by atoms with van der Waals surface area (Å²) in [5.74, 6) is -0.150. The average Bonchev–Trinajstić information content (AvgIpc) is 2.40. The molecule has 1 heterocycles. The second kappa shape index (κ2) is 7.22. The third-order valence-electron chi connectivity index (χ3n) is 3.40. The lowest BCUT2D eigenvalue weighted by Gasteiger charge is -2.26. The smallest absolute Gasteiger partial charge is 0.141 e. The molecule has 100 valence electrons. The SMILES string of the molecule is Fc1c(Br)cccc1CNCCN1CCCCC1. The molecule has 0 radical (unpaired) electrons. The second-order valence-electron chi connectivity index (χ2n) is 4.79. The van der Waals surface area contributed by atoms with Crippen LogP contribution in [0.2, 0.25) is 0 Å². The minimum atomic E-state index is -0.150. The van der Waals surface area contributed by atoms with Crippen LogP contribution in [0.5, 0.6) is 0 Å². The van der Waals surface area contributed by atoms with Gasteiger partial charge in [-0.15, -0.1) is 0 Å². The summed E-state index contributed by atoms with van der Waals surface area (Å²) in [6.45, 7) is 5.01. The molecule has 0 spiro atoms. The van der Waals surface area contributed by atoms with Gasteiger partial charge in [0.15, 0.2) is 0 Å². The van der Waals surface area contributed by atoms with Gasteiger partial charge < -0.3 is 10.2 Å². The number of likely N-dealkylation sites (tertiary alicyclic amines) is 1. The number of piperidine rings is 1. The third-order valence-corrected chi connectivity index (χ3v) is 4.01. The molecule has 1 N–H and O–H groups in total. The number of nitrogens with one attached hydrogen (secondary N) is 1. The lowest BCUT2D eigenvalue weighted by Crippen LogP contribution is -2.35. The van der Waals surface area contributed by atoms with Crippen LogP contribution in [0.4, 0.5) is 4.39 Å². The molecule has 0 atom stereocenters. The van der Waals surface area contributed by atoms with Crippen LogP contribution in [0, 0.1) is 5.82 Å². The summed E-state index contributed by atoms with van der Waals surface area (Å²) in [5.41, 5.74) is 0.725. The Labute approximate surface area is 117 Å². The van der Waals surface area contributed by atoms with Gasteiger partial charge in [-0.25, -0.2) is 4.39 Å². The summed E-state index contributed by atoms with van der Waals surface area (Å²) in [5, 5.41) is 3.31. The van der Waals surface area contributed by atoms with Crippen LogP contribution in [-0.4, -0.2) is 31.1 Å². The first-order valence-corrected chi connectivity index (χ1v) is 7.42. The van der Waals surface area contributed by atoms with E-state index in [4.69, 9.17) is 0 Å².